The minimum absolute atomic E-state index is 0. The Bertz CT molecular complexity index is 1040. The molecule has 4 N–H and O–H groups in total. The van der Waals surface area contributed by atoms with Crippen LogP contribution in [0.5, 0.6) is 0 Å². The van der Waals surface area contributed by atoms with Crippen molar-refractivity contribution in [1.29, 1.82) is 0 Å². The zero-order valence-corrected chi connectivity index (χ0v) is 13.9. The molecule has 0 saturated heterocycles. The van der Waals surface area contributed by atoms with Crippen LogP contribution in [0.3, 0.4) is 0 Å². The molecule has 0 bridgehead atoms. The zero-order chi connectivity index (χ0) is 16.1. The van der Waals surface area contributed by atoms with Crippen molar-refractivity contribution in [3.05, 3.63) is 24.5 Å². The van der Waals surface area contributed by atoms with Crippen LogP contribution in [0.1, 0.15) is 19.9 Å². The number of oxazole rings is 1. The number of halogens is 1. The topological polar surface area (TPSA) is 122 Å². The lowest BCUT2D eigenvalue weighted by Crippen LogP contribution is -2.04. The Morgan fingerprint density at radius 1 is 1.17 bits per heavy atom. The van der Waals surface area contributed by atoms with E-state index >= 15 is 0 Å². The summed E-state index contributed by atoms with van der Waals surface area (Å²) in [5.74, 6) is 0.400. The molecule has 3 aromatic heterocycles. The van der Waals surface area contributed by atoms with Crippen molar-refractivity contribution in [2.24, 2.45) is 0 Å². The second kappa shape index (κ2) is 5.64. The van der Waals surface area contributed by atoms with Crippen LogP contribution in [-0.4, -0.2) is 24.7 Å². The highest BCUT2D eigenvalue weighted by atomic mass is 35.5. The molecule has 0 amide bonds. The number of hydrogen-bond donors (Lipinski definition) is 2. The second-order valence-corrected chi connectivity index (χ2v) is 5.58. The van der Waals surface area contributed by atoms with E-state index in [1.807, 2.05) is 36.7 Å². The number of nitrogens with zero attached hydrogens (tertiary/aromatic N) is 5. The fourth-order valence-electron chi connectivity index (χ4n) is 2.65. The number of nitrogen functional groups attached to an aromatic ring is 2. The Kier molecular flexibility index (Phi) is 3.76. The van der Waals surface area contributed by atoms with Gasteiger partial charge in [0, 0.05) is 11.6 Å². The molecule has 8 nitrogen and oxygen atoms in total. The molecule has 1 aromatic carbocycles. The van der Waals surface area contributed by atoms with E-state index in [4.69, 9.17) is 15.9 Å². The molecule has 0 aliphatic carbocycles. The van der Waals surface area contributed by atoms with Crippen LogP contribution >= 0.6 is 12.4 Å². The van der Waals surface area contributed by atoms with Crippen molar-refractivity contribution >= 4 is 46.4 Å². The predicted molar refractivity (Wildman–Crippen MR) is 94.8 cm³/mol. The van der Waals surface area contributed by atoms with Gasteiger partial charge < -0.3 is 15.9 Å². The van der Waals surface area contributed by atoms with Crippen LogP contribution in [0.15, 0.2) is 28.9 Å². The number of aromatic nitrogens is 5. The van der Waals surface area contributed by atoms with Crippen LogP contribution in [0.2, 0.25) is 0 Å². The summed E-state index contributed by atoms with van der Waals surface area (Å²) in [6, 6.07) is 5.86. The van der Waals surface area contributed by atoms with Gasteiger partial charge in [-0.05, 0) is 32.0 Å². The number of rotatable bonds is 2. The maximum absolute atomic E-state index is 6.07. The van der Waals surface area contributed by atoms with Gasteiger partial charge in [-0.25, -0.2) is 14.6 Å². The highest BCUT2D eigenvalue weighted by Gasteiger charge is 2.19. The van der Waals surface area contributed by atoms with Gasteiger partial charge in [0.15, 0.2) is 11.2 Å². The highest BCUT2D eigenvalue weighted by molar-refractivity contribution is 5.99. The molecule has 3 heterocycles. The molecular weight excluding hydrogens is 330 g/mol. The summed E-state index contributed by atoms with van der Waals surface area (Å²) in [4.78, 5) is 12.6. The number of benzene rings is 1. The molecule has 0 aliphatic rings. The number of nitrogens with two attached hydrogens (primary N) is 2. The molecule has 0 atom stereocenters. The number of fused-ring (bicyclic) bond motifs is 2. The van der Waals surface area contributed by atoms with Gasteiger partial charge in [0.25, 0.3) is 6.01 Å². The highest BCUT2D eigenvalue weighted by Crippen LogP contribution is 2.33. The van der Waals surface area contributed by atoms with Gasteiger partial charge in [0.2, 0.25) is 0 Å². The third-order valence-corrected chi connectivity index (χ3v) is 3.68. The van der Waals surface area contributed by atoms with Gasteiger partial charge in [-0.2, -0.15) is 10.1 Å². The summed E-state index contributed by atoms with van der Waals surface area (Å²) in [6.45, 7) is 4.08. The fourth-order valence-corrected chi connectivity index (χ4v) is 2.65. The lowest BCUT2D eigenvalue weighted by Gasteiger charge is -2.05. The van der Waals surface area contributed by atoms with Crippen molar-refractivity contribution < 1.29 is 4.42 Å². The van der Waals surface area contributed by atoms with Crippen LogP contribution in [0.4, 0.5) is 11.8 Å². The van der Waals surface area contributed by atoms with E-state index in [1.54, 1.807) is 0 Å². The first-order valence-electron chi connectivity index (χ1n) is 7.19. The largest absolute Gasteiger partial charge is 0.424 e. The smallest absolute Gasteiger partial charge is 0.292 e. The first-order chi connectivity index (χ1) is 11.0. The minimum Gasteiger partial charge on any atom is -0.424 e. The molecule has 0 unspecified atom stereocenters. The fraction of sp³-hybridized carbons (Fsp3) is 0.200. The first-order valence-corrected chi connectivity index (χ1v) is 7.19. The van der Waals surface area contributed by atoms with Gasteiger partial charge in [0.1, 0.15) is 23.4 Å². The Hall–Kier alpha value is -2.87. The molecule has 4 rings (SSSR count). The van der Waals surface area contributed by atoms with Crippen LogP contribution in [0, 0.1) is 0 Å². The molecule has 4 aromatic rings. The number of hydrogen-bond acceptors (Lipinski definition) is 7. The SMILES string of the molecule is CC(C)n1nc(-c2ccc3oc(N)nc3c2)c2c(N)ncnc21.Cl. The van der Waals surface area contributed by atoms with E-state index < -0.39 is 0 Å². The Labute approximate surface area is 143 Å². The summed E-state index contributed by atoms with van der Waals surface area (Å²) < 4.78 is 7.14. The molecule has 9 heteroatoms. The monoisotopic (exact) mass is 345 g/mol. The average molecular weight is 346 g/mol. The zero-order valence-electron chi connectivity index (χ0n) is 13.1. The number of anilines is 2. The minimum atomic E-state index is 0. The molecule has 24 heavy (non-hydrogen) atoms. The van der Waals surface area contributed by atoms with Gasteiger partial charge in [-0.1, -0.05) is 0 Å². The summed E-state index contributed by atoms with van der Waals surface area (Å²) in [6.07, 6.45) is 1.45. The first kappa shape index (κ1) is 16.0. The standard InChI is InChI=1S/C15H15N7O.ClH/c1-7(2)22-14-11(13(16)18-6-19-14)12(21-22)8-3-4-10-9(5-8)20-15(17)23-10;/h3-7H,1-2H3,(H2,17,20)(H2,16,18,19);1H. The lowest BCUT2D eigenvalue weighted by molar-refractivity contribution is 0.548. The van der Waals surface area contributed by atoms with Crippen LogP contribution in [-0.2, 0) is 0 Å². The van der Waals surface area contributed by atoms with E-state index in [-0.39, 0.29) is 24.5 Å². The quantitative estimate of drug-likeness (QED) is 0.572. The summed E-state index contributed by atoms with van der Waals surface area (Å²) in [5, 5.41) is 5.41. The van der Waals surface area contributed by atoms with E-state index in [1.165, 1.54) is 6.33 Å². The maximum atomic E-state index is 6.07. The van der Waals surface area contributed by atoms with Crippen molar-refractivity contribution in [2.75, 3.05) is 11.5 Å². The Balaban J connectivity index is 0.00000169. The van der Waals surface area contributed by atoms with Crippen LogP contribution in [0.25, 0.3) is 33.4 Å². The molecule has 0 spiro atoms. The van der Waals surface area contributed by atoms with E-state index in [2.05, 4.69) is 20.1 Å². The maximum Gasteiger partial charge on any atom is 0.292 e. The van der Waals surface area contributed by atoms with Crippen molar-refractivity contribution in [2.45, 2.75) is 19.9 Å². The Morgan fingerprint density at radius 3 is 2.71 bits per heavy atom. The molecule has 124 valence electrons. The van der Waals surface area contributed by atoms with Gasteiger partial charge in [0.05, 0.1) is 5.39 Å². The molecule has 0 radical (unpaired) electrons. The molecule has 0 aliphatic heterocycles. The molecule has 0 fully saturated rings. The summed E-state index contributed by atoms with van der Waals surface area (Å²) >= 11 is 0. The third kappa shape index (κ3) is 2.31. The van der Waals surface area contributed by atoms with Gasteiger partial charge in [-0.3, -0.25) is 0 Å². The normalized spacial score (nSPS) is 11.3. The third-order valence-electron chi connectivity index (χ3n) is 3.68. The van der Waals surface area contributed by atoms with Crippen molar-refractivity contribution in [3.63, 3.8) is 0 Å². The van der Waals surface area contributed by atoms with Gasteiger partial charge in [-0.15, -0.1) is 12.4 Å². The average Bonchev–Trinajstić information content (AvgIpc) is 3.06. The van der Waals surface area contributed by atoms with E-state index in [0.717, 1.165) is 16.6 Å². The van der Waals surface area contributed by atoms with Crippen LogP contribution < -0.4 is 11.5 Å². The molecular formula is C15H16ClN7O. The predicted octanol–water partition coefficient (Wildman–Crippen LogP) is 2.80. The van der Waals surface area contributed by atoms with Crippen molar-refractivity contribution in [3.8, 4) is 11.3 Å². The summed E-state index contributed by atoms with van der Waals surface area (Å²) in [5.41, 5.74) is 15.2. The Morgan fingerprint density at radius 2 is 1.96 bits per heavy atom. The molecule has 0 saturated carbocycles. The van der Waals surface area contributed by atoms with Gasteiger partial charge >= 0.3 is 0 Å². The lowest BCUT2D eigenvalue weighted by atomic mass is 10.1. The van der Waals surface area contributed by atoms with E-state index in [0.29, 0.717) is 22.6 Å². The van der Waals surface area contributed by atoms with E-state index in [9.17, 15) is 0 Å². The summed E-state index contributed by atoms with van der Waals surface area (Å²) in [7, 11) is 0. The second-order valence-electron chi connectivity index (χ2n) is 5.58. The van der Waals surface area contributed by atoms with Crippen molar-refractivity contribution in [1.82, 2.24) is 24.7 Å².